The smallest absolute Gasteiger partial charge is 0.475 e. The van der Waals surface area contributed by atoms with Gasteiger partial charge in [-0.2, -0.15) is 28.4 Å². The Morgan fingerprint density at radius 3 is 2.32 bits per heavy atom. The molecule has 0 radical (unpaired) electrons. The number of carboxylic acid groups (broad SMARTS) is 1. The number of carboxylic acids is 1. The molecule has 1 aliphatic rings. The quantitative estimate of drug-likeness (QED) is 0.536. The Hall–Kier alpha value is -3.67. The van der Waals surface area contributed by atoms with Gasteiger partial charge in [0.2, 0.25) is 5.82 Å². The summed E-state index contributed by atoms with van der Waals surface area (Å²) in [7, 11) is 3.99. The summed E-state index contributed by atoms with van der Waals surface area (Å²) in [4.78, 5) is 36.8. The van der Waals surface area contributed by atoms with Crippen molar-refractivity contribution in [2.24, 2.45) is 0 Å². The molecule has 3 rings (SSSR count). The molecule has 2 aromatic rings. The van der Waals surface area contributed by atoms with Gasteiger partial charge in [0.15, 0.2) is 17.0 Å². The highest BCUT2D eigenvalue weighted by molar-refractivity contribution is 5.85. The van der Waals surface area contributed by atoms with Crippen LogP contribution in [0.2, 0.25) is 0 Å². The topological polar surface area (TPSA) is 150 Å². The Kier molecular flexibility index (Phi) is 9.62. The van der Waals surface area contributed by atoms with Crippen LogP contribution in [0.4, 0.5) is 23.8 Å². The predicted octanol–water partition coefficient (Wildman–Crippen LogP) is 3.08. The number of aromatic nitrogens is 4. The maximum absolute atomic E-state index is 12.6. The van der Waals surface area contributed by atoms with E-state index in [9.17, 15) is 23.2 Å². The number of ether oxygens (including phenoxy) is 1. The van der Waals surface area contributed by atoms with Gasteiger partial charge >= 0.3 is 18.2 Å². The van der Waals surface area contributed by atoms with Gasteiger partial charge in [0.05, 0.1) is 12.4 Å². The molecule has 0 aromatic carbocycles. The average molecular weight is 529 g/mol. The van der Waals surface area contributed by atoms with Gasteiger partial charge in [-0.1, -0.05) is 12.8 Å². The molecule has 0 aliphatic heterocycles. The van der Waals surface area contributed by atoms with Gasteiger partial charge in [0.25, 0.3) is 0 Å². The van der Waals surface area contributed by atoms with E-state index in [1.165, 1.54) is 0 Å². The van der Waals surface area contributed by atoms with Crippen LogP contribution in [0.3, 0.4) is 0 Å². The van der Waals surface area contributed by atoms with Crippen molar-refractivity contribution in [3.63, 3.8) is 0 Å². The molecule has 0 spiro atoms. The molecule has 1 saturated carbocycles. The number of carbonyl (C=O) groups excluding carboxylic acids is 1. The SMILES string of the molecule is CN(C)CCn1cnc2c(N(NC(=O)OC(C)(C)C)C3CCCC3)nc(C#N)nc21.O=C(O)C(F)(F)F. The van der Waals surface area contributed by atoms with Crippen LogP contribution >= 0.6 is 0 Å². The fourth-order valence-corrected chi connectivity index (χ4v) is 3.50. The number of likely N-dealkylation sites (N-methyl/N-ethyl adjacent to an activating group) is 1. The zero-order valence-corrected chi connectivity index (χ0v) is 21.3. The average Bonchev–Trinajstić information content (AvgIpc) is 3.44. The number of hydrogen-bond acceptors (Lipinski definition) is 9. The lowest BCUT2D eigenvalue weighted by Crippen LogP contribution is -2.50. The van der Waals surface area contributed by atoms with Crippen molar-refractivity contribution in [3.8, 4) is 6.07 Å². The normalized spacial score (nSPS) is 14.2. The molecule has 0 bridgehead atoms. The van der Waals surface area contributed by atoms with E-state index < -0.39 is 23.8 Å². The molecule has 1 amide bonds. The molecule has 204 valence electrons. The van der Waals surface area contributed by atoms with Gasteiger partial charge in [-0.25, -0.2) is 20.0 Å². The summed E-state index contributed by atoms with van der Waals surface area (Å²) in [6.45, 7) is 6.92. The van der Waals surface area contributed by atoms with Crippen molar-refractivity contribution in [2.75, 3.05) is 25.6 Å². The van der Waals surface area contributed by atoms with Gasteiger partial charge in [0, 0.05) is 13.1 Å². The molecule has 37 heavy (non-hydrogen) atoms. The minimum absolute atomic E-state index is 0.0399. The number of nitrogens with zero attached hydrogens (tertiary/aromatic N) is 7. The second-order valence-electron chi connectivity index (χ2n) is 9.62. The summed E-state index contributed by atoms with van der Waals surface area (Å²) in [5, 5.41) is 18.3. The molecular formula is C22H31F3N8O4. The molecular weight excluding hydrogens is 497 g/mol. The summed E-state index contributed by atoms with van der Waals surface area (Å²) >= 11 is 0. The number of amides is 1. The number of hydrogen-bond donors (Lipinski definition) is 2. The number of fused-ring (bicyclic) bond motifs is 1. The highest BCUT2D eigenvalue weighted by atomic mass is 19.4. The van der Waals surface area contributed by atoms with Gasteiger partial charge in [-0.15, -0.1) is 0 Å². The van der Waals surface area contributed by atoms with Crippen LogP contribution in [0.15, 0.2) is 6.33 Å². The number of carbonyl (C=O) groups is 2. The maximum atomic E-state index is 12.6. The summed E-state index contributed by atoms with van der Waals surface area (Å²) in [6, 6.07) is 2.08. The van der Waals surface area contributed by atoms with Gasteiger partial charge in [0.1, 0.15) is 11.7 Å². The number of rotatable bonds is 6. The third-order valence-electron chi connectivity index (χ3n) is 5.10. The number of imidazole rings is 1. The molecule has 1 aliphatic carbocycles. The largest absolute Gasteiger partial charge is 0.490 e. The maximum Gasteiger partial charge on any atom is 0.490 e. The van der Waals surface area contributed by atoms with Crippen LogP contribution in [0.1, 0.15) is 52.3 Å². The van der Waals surface area contributed by atoms with Gasteiger partial charge < -0.3 is 19.3 Å². The molecule has 0 saturated heterocycles. The van der Waals surface area contributed by atoms with E-state index in [0.717, 1.165) is 32.2 Å². The molecule has 1 fully saturated rings. The van der Waals surface area contributed by atoms with Crippen molar-refractivity contribution >= 4 is 29.0 Å². The summed E-state index contributed by atoms with van der Waals surface area (Å²) in [5.41, 5.74) is 3.35. The number of hydrazine groups is 1. The number of alkyl halides is 3. The van der Waals surface area contributed by atoms with Crippen LogP contribution in [0, 0.1) is 11.3 Å². The first kappa shape index (κ1) is 29.6. The third-order valence-corrected chi connectivity index (χ3v) is 5.10. The summed E-state index contributed by atoms with van der Waals surface area (Å²) in [6.07, 6.45) is -0.00332. The lowest BCUT2D eigenvalue weighted by Gasteiger charge is -2.31. The molecule has 2 heterocycles. The standard InChI is InChI=1S/C20H30N8O2.C2HF3O2/c1-20(2,3)30-19(29)25-28(14-8-6-7-9-14)18-16-17(23-15(12-21)24-18)27(13-22-16)11-10-26(4)5;3-2(4,5)1(6)7/h13-14H,6-11H2,1-5H3,(H,25,29);(H,6,7). The van der Waals surface area contributed by atoms with E-state index in [0.29, 0.717) is 23.5 Å². The summed E-state index contributed by atoms with van der Waals surface area (Å²) in [5.74, 6) is -2.29. The number of nitrogens with one attached hydrogen (secondary N) is 1. The van der Waals surface area contributed by atoms with Gasteiger partial charge in [-0.05, 0) is 47.7 Å². The third kappa shape index (κ3) is 8.74. The highest BCUT2D eigenvalue weighted by Gasteiger charge is 2.38. The Morgan fingerprint density at radius 1 is 1.24 bits per heavy atom. The molecule has 0 unspecified atom stereocenters. The van der Waals surface area contributed by atoms with Crippen LogP contribution < -0.4 is 10.4 Å². The zero-order chi connectivity index (χ0) is 28.0. The molecule has 12 nitrogen and oxygen atoms in total. The monoisotopic (exact) mass is 528 g/mol. The number of nitriles is 1. The van der Waals surface area contributed by atoms with Crippen molar-refractivity contribution < 1.29 is 32.6 Å². The molecule has 2 N–H and O–H groups in total. The molecule has 2 aromatic heterocycles. The Morgan fingerprint density at radius 2 is 1.84 bits per heavy atom. The van der Waals surface area contributed by atoms with Crippen LogP contribution in [-0.2, 0) is 16.1 Å². The second kappa shape index (κ2) is 12.0. The van der Waals surface area contributed by atoms with Crippen LogP contribution in [0.5, 0.6) is 0 Å². The van der Waals surface area contributed by atoms with Crippen LogP contribution in [-0.4, -0.2) is 80.0 Å². The number of aliphatic carboxylic acids is 1. The highest BCUT2D eigenvalue weighted by Crippen LogP contribution is 2.30. The van der Waals surface area contributed by atoms with E-state index in [1.54, 1.807) is 11.3 Å². The first-order valence-electron chi connectivity index (χ1n) is 11.5. The lowest BCUT2D eigenvalue weighted by atomic mass is 10.2. The van der Waals surface area contributed by atoms with E-state index in [-0.39, 0.29) is 11.9 Å². The van der Waals surface area contributed by atoms with Crippen LogP contribution in [0.25, 0.3) is 11.2 Å². The minimum atomic E-state index is -5.08. The molecule has 15 heteroatoms. The van der Waals surface area contributed by atoms with Crippen molar-refractivity contribution in [3.05, 3.63) is 12.2 Å². The minimum Gasteiger partial charge on any atom is -0.475 e. The fraction of sp³-hybridized carbons (Fsp3) is 0.636. The Labute approximate surface area is 212 Å². The first-order valence-corrected chi connectivity index (χ1v) is 11.5. The number of anilines is 1. The fourth-order valence-electron chi connectivity index (χ4n) is 3.50. The van der Waals surface area contributed by atoms with E-state index in [4.69, 9.17) is 14.6 Å². The van der Waals surface area contributed by atoms with E-state index in [1.807, 2.05) is 45.5 Å². The molecule has 0 atom stereocenters. The van der Waals surface area contributed by atoms with E-state index in [2.05, 4.69) is 25.3 Å². The Bertz CT molecular complexity index is 1130. The van der Waals surface area contributed by atoms with Crippen molar-refractivity contribution in [2.45, 2.75) is 70.8 Å². The zero-order valence-electron chi connectivity index (χ0n) is 21.3. The predicted molar refractivity (Wildman–Crippen MR) is 126 cm³/mol. The summed E-state index contributed by atoms with van der Waals surface area (Å²) < 4.78 is 39.1. The van der Waals surface area contributed by atoms with Crippen molar-refractivity contribution in [1.29, 1.82) is 5.26 Å². The first-order chi connectivity index (χ1) is 17.1. The van der Waals surface area contributed by atoms with E-state index >= 15 is 0 Å². The second-order valence-corrected chi connectivity index (χ2v) is 9.62. The lowest BCUT2D eigenvalue weighted by molar-refractivity contribution is -0.192. The number of halogens is 3. The van der Waals surface area contributed by atoms with Gasteiger partial charge in [-0.3, -0.25) is 5.01 Å². The van der Waals surface area contributed by atoms with Crippen molar-refractivity contribution in [1.82, 2.24) is 29.8 Å². The Balaban J connectivity index is 0.000000604.